The van der Waals surface area contributed by atoms with E-state index in [1.54, 1.807) is 13.3 Å². The lowest BCUT2D eigenvalue weighted by atomic mass is 10.1. The number of guanidine groups is 1. The SMILES string of the molecule is CCC(=O)N1CCC(Oc2cc(C3=CNC(N)=NC3OC)nc(N3CCOCC3)n2)CC1. The minimum atomic E-state index is -0.570. The molecule has 1 unspecified atom stereocenters. The van der Waals surface area contributed by atoms with Crippen molar-refractivity contribution >= 4 is 23.4 Å². The highest BCUT2D eigenvalue weighted by Crippen LogP contribution is 2.28. The minimum absolute atomic E-state index is 0.0125. The molecule has 4 rings (SSSR count). The molecule has 1 aromatic heterocycles. The molecule has 174 valence electrons. The van der Waals surface area contributed by atoms with Crippen LogP contribution in [0.4, 0.5) is 5.95 Å². The Balaban J connectivity index is 1.56. The molecule has 32 heavy (non-hydrogen) atoms. The molecule has 0 aliphatic carbocycles. The zero-order chi connectivity index (χ0) is 22.5. The summed E-state index contributed by atoms with van der Waals surface area (Å²) in [4.78, 5) is 29.7. The number of hydrogen-bond acceptors (Lipinski definition) is 10. The molecule has 1 amide bonds. The van der Waals surface area contributed by atoms with Gasteiger partial charge in [-0.05, 0) is 0 Å². The van der Waals surface area contributed by atoms with E-state index >= 15 is 0 Å². The molecule has 3 aliphatic heterocycles. The van der Waals surface area contributed by atoms with Crippen molar-refractivity contribution in [3.8, 4) is 5.88 Å². The van der Waals surface area contributed by atoms with Gasteiger partial charge >= 0.3 is 0 Å². The maximum absolute atomic E-state index is 12.0. The first-order valence-corrected chi connectivity index (χ1v) is 11.1. The van der Waals surface area contributed by atoms with Gasteiger partial charge in [0.2, 0.25) is 17.7 Å². The first kappa shape index (κ1) is 22.3. The number of rotatable bonds is 6. The monoisotopic (exact) mass is 445 g/mol. The molecule has 4 heterocycles. The van der Waals surface area contributed by atoms with Gasteiger partial charge in [0.1, 0.15) is 6.10 Å². The molecule has 3 aliphatic rings. The Labute approximate surface area is 187 Å². The number of nitrogens with zero attached hydrogens (tertiary/aromatic N) is 5. The topological polar surface area (TPSA) is 127 Å². The van der Waals surface area contributed by atoms with Crippen LogP contribution in [0.25, 0.3) is 5.57 Å². The lowest BCUT2D eigenvalue weighted by Crippen LogP contribution is -2.41. The van der Waals surface area contributed by atoms with Gasteiger partial charge in [-0.25, -0.2) is 9.98 Å². The number of piperidine rings is 1. The molecule has 0 radical (unpaired) electrons. The quantitative estimate of drug-likeness (QED) is 0.636. The molecule has 0 bridgehead atoms. The first-order chi connectivity index (χ1) is 15.6. The number of amides is 1. The fourth-order valence-corrected chi connectivity index (χ4v) is 3.98. The second-order valence-electron chi connectivity index (χ2n) is 7.89. The number of aromatic nitrogens is 2. The van der Waals surface area contributed by atoms with Crippen molar-refractivity contribution in [2.75, 3.05) is 51.4 Å². The second kappa shape index (κ2) is 10.1. The predicted molar refractivity (Wildman–Crippen MR) is 119 cm³/mol. The third-order valence-electron chi connectivity index (χ3n) is 5.79. The van der Waals surface area contributed by atoms with Crippen LogP contribution in [0, 0.1) is 0 Å². The summed E-state index contributed by atoms with van der Waals surface area (Å²) in [6, 6.07) is 1.81. The second-order valence-corrected chi connectivity index (χ2v) is 7.89. The summed E-state index contributed by atoms with van der Waals surface area (Å²) in [6.45, 7) is 5.94. The van der Waals surface area contributed by atoms with E-state index in [1.165, 1.54) is 0 Å². The van der Waals surface area contributed by atoms with E-state index in [-0.39, 0.29) is 18.0 Å². The fourth-order valence-electron chi connectivity index (χ4n) is 3.98. The number of nitrogens with two attached hydrogens (primary N) is 1. The van der Waals surface area contributed by atoms with E-state index in [9.17, 15) is 4.79 Å². The average molecular weight is 446 g/mol. The minimum Gasteiger partial charge on any atom is -0.474 e. The summed E-state index contributed by atoms with van der Waals surface area (Å²) < 4.78 is 17.2. The van der Waals surface area contributed by atoms with E-state index in [1.807, 2.05) is 17.9 Å². The van der Waals surface area contributed by atoms with Crippen molar-refractivity contribution < 1.29 is 19.0 Å². The summed E-state index contributed by atoms with van der Waals surface area (Å²) in [5.74, 6) is 1.55. The zero-order valence-electron chi connectivity index (χ0n) is 18.6. The highest BCUT2D eigenvalue weighted by Gasteiger charge is 2.26. The molecule has 1 atom stereocenters. The summed E-state index contributed by atoms with van der Waals surface area (Å²) >= 11 is 0. The van der Waals surface area contributed by atoms with E-state index in [2.05, 4.69) is 20.2 Å². The Morgan fingerprint density at radius 1 is 1.25 bits per heavy atom. The summed E-state index contributed by atoms with van der Waals surface area (Å²) in [5.41, 5.74) is 7.19. The highest BCUT2D eigenvalue weighted by molar-refractivity contribution is 5.85. The number of ether oxygens (including phenoxy) is 3. The molecule has 3 N–H and O–H groups in total. The normalized spacial score (nSPS) is 22.1. The third-order valence-corrected chi connectivity index (χ3v) is 5.79. The Bertz CT molecular complexity index is 877. The summed E-state index contributed by atoms with van der Waals surface area (Å²) in [7, 11) is 1.58. The van der Waals surface area contributed by atoms with Crippen molar-refractivity contribution in [3.05, 3.63) is 18.0 Å². The summed E-state index contributed by atoms with van der Waals surface area (Å²) in [5, 5.41) is 2.93. The first-order valence-electron chi connectivity index (χ1n) is 11.1. The molecular weight excluding hydrogens is 414 g/mol. The maximum Gasteiger partial charge on any atom is 0.229 e. The Hall–Kier alpha value is -2.92. The lowest BCUT2D eigenvalue weighted by molar-refractivity contribution is -0.132. The van der Waals surface area contributed by atoms with Crippen LogP contribution in [0.5, 0.6) is 5.88 Å². The van der Waals surface area contributed by atoms with Gasteiger partial charge in [0.05, 0.1) is 18.9 Å². The van der Waals surface area contributed by atoms with Crippen LogP contribution in [-0.4, -0.2) is 85.6 Å². The standard InChI is InChI=1S/C21H31N7O4/c1-3-18(29)27-6-4-14(5-7-27)32-17-12-16(15-13-23-20(22)26-19(15)30-2)24-21(25-17)28-8-10-31-11-9-28/h12-14,19H,3-11H2,1-2H3,(H3,22,23,26). The smallest absolute Gasteiger partial charge is 0.229 e. The van der Waals surface area contributed by atoms with Crippen LogP contribution in [0.2, 0.25) is 0 Å². The van der Waals surface area contributed by atoms with Gasteiger partial charge in [-0.3, -0.25) is 4.79 Å². The summed E-state index contributed by atoms with van der Waals surface area (Å²) in [6.07, 6.45) is 3.23. The number of likely N-dealkylation sites (tertiary alicyclic amines) is 1. The maximum atomic E-state index is 12.0. The molecule has 0 saturated carbocycles. The van der Waals surface area contributed by atoms with Crippen LogP contribution in [0.3, 0.4) is 0 Å². The molecule has 11 nitrogen and oxygen atoms in total. The number of hydrogen-bond donors (Lipinski definition) is 2. The van der Waals surface area contributed by atoms with Gasteiger partial charge in [0, 0.05) is 70.4 Å². The molecule has 2 saturated heterocycles. The van der Waals surface area contributed by atoms with Gasteiger partial charge in [0.25, 0.3) is 0 Å². The average Bonchev–Trinajstić information content (AvgIpc) is 2.84. The number of methoxy groups -OCH3 is 1. The molecule has 1 aromatic rings. The van der Waals surface area contributed by atoms with E-state index in [0.29, 0.717) is 63.3 Å². The van der Waals surface area contributed by atoms with E-state index in [0.717, 1.165) is 18.4 Å². The largest absolute Gasteiger partial charge is 0.474 e. The van der Waals surface area contributed by atoms with Crippen molar-refractivity contribution in [3.63, 3.8) is 0 Å². The molecule has 0 spiro atoms. The van der Waals surface area contributed by atoms with Crippen LogP contribution in [0.1, 0.15) is 31.9 Å². The number of morpholine rings is 1. The Morgan fingerprint density at radius 3 is 2.69 bits per heavy atom. The molecule has 0 aromatic carbocycles. The van der Waals surface area contributed by atoms with Crippen molar-refractivity contribution in [2.45, 2.75) is 38.5 Å². The molecule has 2 fully saturated rings. The number of anilines is 1. The van der Waals surface area contributed by atoms with E-state index < -0.39 is 6.23 Å². The number of carbonyl (C=O) groups excluding carboxylic acids is 1. The van der Waals surface area contributed by atoms with Gasteiger partial charge < -0.3 is 35.1 Å². The Morgan fingerprint density at radius 2 is 2.00 bits per heavy atom. The lowest BCUT2D eigenvalue weighted by Gasteiger charge is -2.32. The van der Waals surface area contributed by atoms with Crippen LogP contribution in [0.15, 0.2) is 17.3 Å². The Kier molecular flexibility index (Phi) is 7.05. The molecule has 11 heteroatoms. The van der Waals surface area contributed by atoms with Crippen LogP contribution < -0.4 is 20.7 Å². The van der Waals surface area contributed by atoms with Gasteiger partial charge in [0.15, 0.2) is 12.2 Å². The zero-order valence-corrected chi connectivity index (χ0v) is 18.6. The van der Waals surface area contributed by atoms with Crippen molar-refractivity contribution in [1.29, 1.82) is 0 Å². The van der Waals surface area contributed by atoms with Gasteiger partial charge in [-0.15, -0.1) is 0 Å². The van der Waals surface area contributed by atoms with E-state index in [4.69, 9.17) is 24.9 Å². The predicted octanol–water partition coefficient (Wildman–Crippen LogP) is 0.324. The van der Waals surface area contributed by atoms with Crippen molar-refractivity contribution in [1.82, 2.24) is 20.2 Å². The number of aliphatic imine (C=N–C) groups is 1. The number of carbonyl (C=O) groups is 1. The van der Waals surface area contributed by atoms with Crippen LogP contribution >= 0.6 is 0 Å². The third kappa shape index (κ3) is 5.10. The van der Waals surface area contributed by atoms with Crippen molar-refractivity contribution in [2.24, 2.45) is 10.7 Å². The van der Waals surface area contributed by atoms with Gasteiger partial charge in [-0.2, -0.15) is 4.98 Å². The van der Waals surface area contributed by atoms with Gasteiger partial charge in [-0.1, -0.05) is 6.92 Å². The fraction of sp³-hybridized carbons (Fsp3) is 0.619. The number of nitrogens with one attached hydrogen (secondary N) is 1. The highest BCUT2D eigenvalue weighted by atomic mass is 16.5. The molecular formula is C21H31N7O4. The van der Waals surface area contributed by atoms with Crippen LogP contribution in [-0.2, 0) is 14.3 Å².